The molecule has 33 heavy (non-hydrogen) atoms. The minimum absolute atomic E-state index is 0.0643. The first-order valence-corrected chi connectivity index (χ1v) is 10.9. The van der Waals surface area contributed by atoms with Gasteiger partial charge >= 0.3 is 0 Å². The summed E-state index contributed by atoms with van der Waals surface area (Å²) in [5.41, 5.74) is 9.15. The van der Waals surface area contributed by atoms with Crippen molar-refractivity contribution in [2.75, 3.05) is 18.9 Å². The topological polar surface area (TPSA) is 105 Å². The van der Waals surface area contributed by atoms with Gasteiger partial charge in [-0.15, -0.1) is 0 Å². The predicted octanol–water partition coefficient (Wildman–Crippen LogP) is 3.20. The third-order valence-corrected chi connectivity index (χ3v) is 6.10. The van der Waals surface area contributed by atoms with Crippen molar-refractivity contribution in [3.63, 3.8) is 0 Å². The molecule has 2 heterocycles. The van der Waals surface area contributed by atoms with Gasteiger partial charge < -0.3 is 19.8 Å². The Kier molecular flexibility index (Phi) is 6.10. The van der Waals surface area contributed by atoms with Crippen molar-refractivity contribution in [1.82, 2.24) is 19.5 Å². The summed E-state index contributed by atoms with van der Waals surface area (Å²) in [6.07, 6.45) is 3.00. The highest BCUT2D eigenvalue weighted by Gasteiger charge is 2.51. The first kappa shape index (κ1) is 21.2. The van der Waals surface area contributed by atoms with Crippen molar-refractivity contribution >= 4 is 22.8 Å². The molecule has 2 aromatic heterocycles. The molecular formula is C25H25N5O3. The largest absolute Gasteiger partial charge is 0.382 e. The molecule has 5 rings (SSSR count). The van der Waals surface area contributed by atoms with Crippen LogP contribution in [0.2, 0.25) is 0 Å². The molecule has 4 aromatic rings. The lowest BCUT2D eigenvalue weighted by Crippen LogP contribution is -2.52. The van der Waals surface area contributed by atoms with Crippen molar-refractivity contribution in [3.05, 3.63) is 84.4 Å². The Morgan fingerprint density at radius 1 is 0.848 bits per heavy atom. The summed E-state index contributed by atoms with van der Waals surface area (Å²) in [6.45, 7) is 1.71. The number of rotatable bonds is 9. The molecule has 0 unspecified atom stereocenters. The number of anilines is 1. The van der Waals surface area contributed by atoms with Crippen LogP contribution >= 0.6 is 0 Å². The molecule has 0 saturated heterocycles. The van der Waals surface area contributed by atoms with Gasteiger partial charge in [0.2, 0.25) is 0 Å². The van der Waals surface area contributed by atoms with Crippen LogP contribution in [0.15, 0.2) is 73.3 Å². The third kappa shape index (κ3) is 4.35. The lowest BCUT2D eigenvalue weighted by Gasteiger charge is -2.43. The number of nitrogens with two attached hydrogens (primary N) is 1. The average Bonchev–Trinajstić information content (AvgIpc) is 3.27. The first-order valence-electron chi connectivity index (χ1n) is 10.9. The van der Waals surface area contributed by atoms with Gasteiger partial charge in [-0.25, -0.2) is 15.0 Å². The van der Waals surface area contributed by atoms with Crippen LogP contribution in [0.5, 0.6) is 0 Å². The van der Waals surface area contributed by atoms with E-state index in [0.717, 1.165) is 11.1 Å². The molecule has 2 aromatic carbocycles. The van der Waals surface area contributed by atoms with Crippen LogP contribution < -0.4 is 5.73 Å². The van der Waals surface area contributed by atoms with E-state index >= 15 is 0 Å². The Bertz CT molecular complexity index is 1230. The van der Waals surface area contributed by atoms with Crippen LogP contribution in [0.25, 0.3) is 11.2 Å². The minimum atomic E-state index is -0.426. The molecule has 8 nitrogen and oxygen atoms in total. The average molecular weight is 444 g/mol. The molecule has 0 radical (unpaired) electrons. The molecule has 1 saturated carbocycles. The van der Waals surface area contributed by atoms with Crippen LogP contribution in [0, 0.1) is 11.8 Å². The number of hydrogen-bond donors (Lipinski definition) is 1. The Morgan fingerprint density at radius 2 is 1.48 bits per heavy atom. The molecule has 168 valence electrons. The lowest BCUT2D eigenvalue weighted by molar-refractivity contribution is -0.150. The highest BCUT2D eigenvalue weighted by Crippen LogP contribution is 2.42. The number of Topliss-reactive ketones (excluding diaryl/α,β-unsaturated/α-hetero) is 1. The molecule has 0 aliphatic heterocycles. The van der Waals surface area contributed by atoms with E-state index in [1.54, 1.807) is 10.9 Å². The predicted molar refractivity (Wildman–Crippen MR) is 123 cm³/mol. The van der Waals surface area contributed by atoms with Gasteiger partial charge in [-0.2, -0.15) is 0 Å². The SMILES string of the molecule is Nc1ncnc2c1ncn2[C@H]1C(=O)[C@@H](COCc2ccccc2)[C@@H]1COCc1ccccc1. The molecule has 3 atom stereocenters. The number of ketones is 1. The van der Waals surface area contributed by atoms with Crippen molar-refractivity contribution in [2.24, 2.45) is 11.8 Å². The van der Waals surface area contributed by atoms with E-state index in [2.05, 4.69) is 15.0 Å². The molecule has 1 aliphatic rings. The number of carbonyl (C=O) groups excluding carboxylic acids is 1. The van der Waals surface area contributed by atoms with Gasteiger partial charge in [-0.1, -0.05) is 60.7 Å². The minimum Gasteiger partial charge on any atom is -0.382 e. The zero-order valence-corrected chi connectivity index (χ0v) is 18.1. The molecule has 1 fully saturated rings. The van der Waals surface area contributed by atoms with Crippen molar-refractivity contribution in [3.8, 4) is 0 Å². The van der Waals surface area contributed by atoms with E-state index < -0.39 is 6.04 Å². The Labute approximate surface area is 191 Å². The standard InChI is InChI=1S/C25H25N5O3/c26-24-21-25(28-15-27-24)30(16-29-21)22-19(13-32-11-17-7-3-1-4-8-17)20(23(22)31)14-33-12-18-9-5-2-6-10-18/h1-10,15-16,19-20,22H,11-14H2,(H2,26,27,28)/t19-,20-,22+/m0/s1. The molecule has 2 N–H and O–H groups in total. The summed E-state index contributed by atoms with van der Waals surface area (Å²) in [4.78, 5) is 25.9. The third-order valence-electron chi connectivity index (χ3n) is 6.10. The number of carbonyl (C=O) groups is 1. The number of hydrogen-bond acceptors (Lipinski definition) is 7. The smallest absolute Gasteiger partial charge is 0.166 e. The number of imidazole rings is 1. The number of benzene rings is 2. The Balaban J connectivity index is 1.31. The normalized spacial score (nSPS) is 20.1. The lowest BCUT2D eigenvalue weighted by atomic mass is 9.68. The van der Waals surface area contributed by atoms with E-state index in [1.165, 1.54) is 6.33 Å². The van der Waals surface area contributed by atoms with Gasteiger partial charge in [0.25, 0.3) is 0 Å². The summed E-state index contributed by atoms with van der Waals surface area (Å²) >= 11 is 0. The maximum Gasteiger partial charge on any atom is 0.166 e. The highest BCUT2D eigenvalue weighted by molar-refractivity contribution is 5.93. The Hall–Kier alpha value is -3.62. The number of nitrogens with zero attached hydrogens (tertiary/aromatic N) is 4. The van der Waals surface area contributed by atoms with Gasteiger partial charge in [0.15, 0.2) is 17.2 Å². The molecule has 1 aliphatic carbocycles. The van der Waals surface area contributed by atoms with Crippen LogP contribution in [0.1, 0.15) is 17.2 Å². The second-order valence-corrected chi connectivity index (χ2v) is 8.20. The zero-order valence-electron chi connectivity index (χ0n) is 18.1. The second-order valence-electron chi connectivity index (χ2n) is 8.20. The van der Waals surface area contributed by atoms with Crippen LogP contribution in [-0.2, 0) is 27.5 Å². The van der Waals surface area contributed by atoms with Gasteiger partial charge in [-0.3, -0.25) is 4.79 Å². The highest BCUT2D eigenvalue weighted by atomic mass is 16.5. The molecule has 0 spiro atoms. The zero-order chi connectivity index (χ0) is 22.6. The molecule has 0 bridgehead atoms. The molecular weight excluding hydrogens is 418 g/mol. The summed E-state index contributed by atoms with van der Waals surface area (Å²) < 4.78 is 13.7. The number of aromatic nitrogens is 4. The number of nitrogen functional groups attached to an aromatic ring is 1. The Morgan fingerprint density at radius 3 is 2.15 bits per heavy atom. The quantitative estimate of drug-likeness (QED) is 0.423. The maximum absolute atomic E-state index is 13.2. The van der Waals surface area contributed by atoms with Crippen molar-refractivity contribution in [1.29, 1.82) is 0 Å². The van der Waals surface area contributed by atoms with Gasteiger partial charge in [0.05, 0.1) is 38.7 Å². The van der Waals surface area contributed by atoms with E-state index in [9.17, 15) is 4.79 Å². The van der Waals surface area contributed by atoms with Gasteiger partial charge in [0, 0.05) is 5.92 Å². The fraction of sp³-hybridized carbons (Fsp3) is 0.280. The van der Waals surface area contributed by atoms with Gasteiger partial charge in [-0.05, 0) is 11.1 Å². The fourth-order valence-electron chi connectivity index (χ4n) is 4.34. The second kappa shape index (κ2) is 9.48. The molecule has 8 heteroatoms. The summed E-state index contributed by atoms with van der Waals surface area (Å²) in [6, 6.07) is 19.5. The monoisotopic (exact) mass is 443 g/mol. The van der Waals surface area contributed by atoms with E-state index in [4.69, 9.17) is 15.2 Å². The molecule has 0 amide bonds. The van der Waals surface area contributed by atoms with Crippen molar-refractivity contribution < 1.29 is 14.3 Å². The van der Waals surface area contributed by atoms with Gasteiger partial charge in [0.1, 0.15) is 17.9 Å². The van der Waals surface area contributed by atoms with E-state index in [0.29, 0.717) is 43.4 Å². The van der Waals surface area contributed by atoms with E-state index in [-0.39, 0.29) is 17.6 Å². The summed E-state index contributed by atoms with van der Waals surface area (Å²) in [5.74, 6) is 0.0645. The van der Waals surface area contributed by atoms with E-state index in [1.807, 2.05) is 60.7 Å². The number of ether oxygens (including phenoxy) is 2. The maximum atomic E-state index is 13.2. The first-order chi connectivity index (χ1) is 16.2. The van der Waals surface area contributed by atoms with Crippen LogP contribution in [0.4, 0.5) is 5.82 Å². The van der Waals surface area contributed by atoms with Crippen LogP contribution in [-0.4, -0.2) is 38.5 Å². The van der Waals surface area contributed by atoms with Crippen molar-refractivity contribution in [2.45, 2.75) is 19.3 Å². The fourth-order valence-corrected chi connectivity index (χ4v) is 4.34. The summed E-state index contributed by atoms with van der Waals surface area (Å²) in [5, 5.41) is 0. The summed E-state index contributed by atoms with van der Waals surface area (Å²) in [7, 11) is 0. The van der Waals surface area contributed by atoms with Crippen LogP contribution in [0.3, 0.4) is 0 Å². The number of fused-ring (bicyclic) bond motifs is 1.